The highest BCUT2D eigenvalue weighted by Crippen LogP contribution is 2.45. The van der Waals surface area contributed by atoms with E-state index in [1.165, 1.54) is 6.92 Å². The molecular formula is C8H9F3O3. The molecule has 1 aliphatic rings. The zero-order valence-corrected chi connectivity index (χ0v) is 7.38. The van der Waals surface area contributed by atoms with Crippen molar-refractivity contribution < 1.29 is 27.4 Å². The van der Waals surface area contributed by atoms with Crippen LogP contribution >= 0.6 is 0 Å². The first kappa shape index (κ1) is 11.0. The summed E-state index contributed by atoms with van der Waals surface area (Å²) < 4.78 is 45.7. The van der Waals surface area contributed by atoms with Gasteiger partial charge in [0, 0.05) is 6.08 Å². The van der Waals surface area contributed by atoms with Gasteiger partial charge in [0.1, 0.15) is 12.0 Å². The number of esters is 1. The Labute approximate surface area is 78.5 Å². The van der Waals surface area contributed by atoms with Gasteiger partial charge in [-0.05, 0) is 6.92 Å². The lowest BCUT2D eigenvalue weighted by Gasteiger charge is -2.41. The third-order valence-electron chi connectivity index (χ3n) is 1.91. The van der Waals surface area contributed by atoms with E-state index < -0.39 is 30.5 Å². The largest absolute Gasteiger partial charge is 0.459 e. The minimum absolute atomic E-state index is 0.821. The Morgan fingerprint density at radius 2 is 2.29 bits per heavy atom. The van der Waals surface area contributed by atoms with E-state index >= 15 is 0 Å². The molecule has 3 atom stereocenters. The molecule has 3 unspecified atom stereocenters. The molecule has 0 amide bonds. The predicted octanol–water partition coefficient (Wildman–Crippen LogP) is 1.64. The number of hydrogen-bond acceptors (Lipinski definition) is 3. The summed E-state index contributed by atoms with van der Waals surface area (Å²) >= 11 is 0. The zero-order valence-electron chi connectivity index (χ0n) is 7.38. The second-order valence-corrected chi connectivity index (χ2v) is 2.90. The van der Waals surface area contributed by atoms with Gasteiger partial charge >= 0.3 is 12.1 Å². The lowest BCUT2D eigenvalue weighted by Crippen LogP contribution is -2.57. The molecule has 3 nitrogen and oxygen atoms in total. The van der Waals surface area contributed by atoms with Crippen LogP contribution in [0.15, 0.2) is 12.7 Å². The lowest BCUT2D eigenvalue weighted by molar-refractivity contribution is -0.436. The fourth-order valence-electron chi connectivity index (χ4n) is 1.17. The van der Waals surface area contributed by atoms with Crippen LogP contribution in [0.2, 0.25) is 0 Å². The van der Waals surface area contributed by atoms with Crippen molar-refractivity contribution in [3.63, 3.8) is 0 Å². The number of carbonyl (C=O) groups excluding carboxylic acids is 1. The summed E-state index contributed by atoms with van der Waals surface area (Å²) in [6, 6.07) is 0. The minimum Gasteiger partial charge on any atom is -0.459 e. The average molecular weight is 210 g/mol. The fourth-order valence-corrected chi connectivity index (χ4v) is 1.17. The van der Waals surface area contributed by atoms with Gasteiger partial charge in [0.15, 0.2) is 0 Å². The Kier molecular flexibility index (Phi) is 2.84. The highest BCUT2D eigenvalue weighted by atomic mass is 19.3. The van der Waals surface area contributed by atoms with Gasteiger partial charge in [-0.1, -0.05) is 6.58 Å². The smallest absolute Gasteiger partial charge is 0.369 e. The van der Waals surface area contributed by atoms with E-state index in [2.05, 4.69) is 16.1 Å². The molecule has 0 aromatic heterocycles. The Bertz CT molecular complexity index is 254. The maximum Gasteiger partial charge on any atom is 0.369 e. The van der Waals surface area contributed by atoms with Crippen LogP contribution in [0.25, 0.3) is 0 Å². The average Bonchev–Trinajstić information content (AvgIpc) is 2.01. The molecule has 6 heteroatoms. The summed E-state index contributed by atoms with van der Waals surface area (Å²) in [6.45, 7) is 4.26. The topological polar surface area (TPSA) is 35.5 Å². The number of ether oxygens (including phenoxy) is 2. The second kappa shape index (κ2) is 3.61. The van der Waals surface area contributed by atoms with Crippen molar-refractivity contribution in [2.75, 3.05) is 0 Å². The van der Waals surface area contributed by atoms with Gasteiger partial charge in [0.05, 0.1) is 0 Å². The molecule has 0 radical (unpaired) electrons. The summed E-state index contributed by atoms with van der Waals surface area (Å²) in [5.41, 5.74) is 0. The van der Waals surface area contributed by atoms with Crippen LogP contribution in [0.1, 0.15) is 6.92 Å². The molecule has 1 heterocycles. The number of carbonyl (C=O) groups is 1. The van der Waals surface area contributed by atoms with Crippen molar-refractivity contribution >= 4 is 5.97 Å². The highest BCUT2D eigenvalue weighted by molar-refractivity contribution is 5.81. The van der Waals surface area contributed by atoms with Crippen molar-refractivity contribution in [1.82, 2.24) is 0 Å². The van der Waals surface area contributed by atoms with E-state index in [9.17, 15) is 18.0 Å². The molecule has 0 N–H and O–H groups in total. The van der Waals surface area contributed by atoms with Gasteiger partial charge < -0.3 is 4.74 Å². The summed E-state index contributed by atoms with van der Waals surface area (Å²) in [5, 5.41) is 0. The molecule has 0 aromatic rings. The molecule has 0 aliphatic carbocycles. The van der Waals surface area contributed by atoms with Crippen LogP contribution in [-0.4, -0.2) is 24.5 Å². The van der Waals surface area contributed by atoms with E-state index in [0.29, 0.717) is 0 Å². The van der Waals surface area contributed by atoms with Crippen LogP contribution < -0.4 is 0 Å². The first-order chi connectivity index (χ1) is 6.38. The van der Waals surface area contributed by atoms with E-state index in [1.54, 1.807) is 0 Å². The van der Waals surface area contributed by atoms with Gasteiger partial charge in [-0.2, -0.15) is 8.78 Å². The number of halogens is 3. The fraction of sp³-hybridized carbons (Fsp3) is 0.625. The molecule has 1 saturated heterocycles. The monoisotopic (exact) mass is 210 g/mol. The van der Waals surface area contributed by atoms with E-state index in [4.69, 9.17) is 0 Å². The van der Waals surface area contributed by atoms with Crippen LogP contribution in [0.5, 0.6) is 0 Å². The number of alkyl halides is 3. The Morgan fingerprint density at radius 3 is 2.64 bits per heavy atom. The van der Waals surface area contributed by atoms with Gasteiger partial charge in [-0.15, -0.1) is 0 Å². The van der Waals surface area contributed by atoms with Crippen LogP contribution in [0, 0.1) is 5.92 Å². The molecule has 0 aromatic carbocycles. The minimum atomic E-state index is -3.57. The van der Waals surface area contributed by atoms with Gasteiger partial charge in [-0.3, -0.25) is 4.74 Å². The molecule has 1 aliphatic heterocycles. The maximum absolute atomic E-state index is 12.6. The maximum atomic E-state index is 12.6. The Hall–Kier alpha value is -1.04. The number of rotatable bonds is 3. The van der Waals surface area contributed by atoms with Crippen LogP contribution in [0.3, 0.4) is 0 Å². The highest BCUT2D eigenvalue weighted by Gasteiger charge is 2.62. The molecule has 1 fully saturated rings. The first-order valence-corrected chi connectivity index (χ1v) is 3.91. The van der Waals surface area contributed by atoms with Crippen molar-refractivity contribution in [2.24, 2.45) is 5.92 Å². The summed E-state index contributed by atoms with van der Waals surface area (Å²) in [4.78, 5) is 10.6. The van der Waals surface area contributed by atoms with Crippen molar-refractivity contribution in [3.05, 3.63) is 12.7 Å². The normalized spacial score (nSPS) is 31.4. The van der Waals surface area contributed by atoms with Gasteiger partial charge in [0.25, 0.3) is 0 Å². The molecular weight excluding hydrogens is 201 g/mol. The molecule has 0 bridgehead atoms. The third-order valence-corrected chi connectivity index (χ3v) is 1.91. The molecule has 0 spiro atoms. The molecule has 80 valence electrons. The summed E-state index contributed by atoms with van der Waals surface area (Å²) in [6.07, 6.45) is -6.10. The van der Waals surface area contributed by atoms with E-state index in [0.717, 1.165) is 6.08 Å². The zero-order chi connectivity index (χ0) is 10.9. The summed E-state index contributed by atoms with van der Waals surface area (Å²) in [5.74, 6) is -2.61. The van der Waals surface area contributed by atoms with Crippen molar-refractivity contribution in [1.29, 1.82) is 0 Å². The SMILES string of the molecule is C=CC(=O)OC(C)C1C(F)OC1(F)F. The van der Waals surface area contributed by atoms with E-state index in [1.807, 2.05) is 0 Å². The van der Waals surface area contributed by atoms with Crippen LogP contribution in [-0.2, 0) is 14.3 Å². The predicted molar refractivity (Wildman–Crippen MR) is 40.2 cm³/mol. The second-order valence-electron chi connectivity index (χ2n) is 2.90. The Balaban J connectivity index is 2.56. The standard InChI is InChI=1S/C8H9F3O3/c1-3-5(12)13-4(2)6-7(9)14-8(6,10)11/h3-4,6-7H,1H2,2H3. The third kappa shape index (κ3) is 1.89. The quantitative estimate of drug-likeness (QED) is 0.524. The van der Waals surface area contributed by atoms with Crippen LogP contribution in [0.4, 0.5) is 13.2 Å². The Morgan fingerprint density at radius 1 is 1.71 bits per heavy atom. The lowest BCUT2D eigenvalue weighted by atomic mass is 9.97. The first-order valence-electron chi connectivity index (χ1n) is 3.91. The molecule has 0 saturated carbocycles. The van der Waals surface area contributed by atoms with Gasteiger partial charge in [-0.25, -0.2) is 9.18 Å². The number of hydrogen-bond donors (Lipinski definition) is 0. The molecule has 1 rings (SSSR count). The van der Waals surface area contributed by atoms with Crippen molar-refractivity contribution in [3.8, 4) is 0 Å². The van der Waals surface area contributed by atoms with Gasteiger partial charge in [0.2, 0.25) is 6.36 Å². The summed E-state index contributed by atoms with van der Waals surface area (Å²) in [7, 11) is 0. The van der Waals surface area contributed by atoms with E-state index in [-0.39, 0.29) is 0 Å². The van der Waals surface area contributed by atoms with Crippen molar-refractivity contribution in [2.45, 2.75) is 25.5 Å². The molecule has 14 heavy (non-hydrogen) atoms.